The number of hydrogen-bond acceptors (Lipinski definition) is 3. The molecule has 0 amide bonds. The van der Waals surface area contributed by atoms with Crippen molar-refractivity contribution in [2.24, 2.45) is 0 Å². The van der Waals surface area contributed by atoms with Crippen molar-refractivity contribution >= 4 is 10.0 Å². The fourth-order valence-electron chi connectivity index (χ4n) is 1.80. The maximum Gasteiger partial charge on any atom is 0.214 e. The van der Waals surface area contributed by atoms with Crippen LogP contribution in [0.4, 0.5) is 0 Å². The first-order valence-corrected chi connectivity index (χ1v) is 6.83. The van der Waals surface area contributed by atoms with E-state index in [1.54, 1.807) is 7.11 Å². The Morgan fingerprint density at radius 3 is 2.50 bits per heavy atom. The van der Waals surface area contributed by atoms with Crippen molar-refractivity contribution in [2.45, 2.75) is 13.0 Å². The first-order chi connectivity index (χ1) is 7.62. The molecule has 1 aliphatic rings. The average Bonchev–Trinajstić information content (AvgIpc) is 2.59. The second-order valence-electron chi connectivity index (χ2n) is 3.85. The molecule has 0 saturated carbocycles. The second kappa shape index (κ2) is 4.43. The molecular formula is C11H15NO3S. The molecule has 1 saturated heterocycles. The van der Waals surface area contributed by atoms with Crippen LogP contribution in [0.15, 0.2) is 24.3 Å². The van der Waals surface area contributed by atoms with E-state index < -0.39 is 10.0 Å². The molecule has 1 fully saturated rings. The van der Waals surface area contributed by atoms with Crippen molar-refractivity contribution in [3.05, 3.63) is 29.8 Å². The first kappa shape index (κ1) is 11.4. The van der Waals surface area contributed by atoms with Crippen molar-refractivity contribution in [1.29, 1.82) is 0 Å². The SMILES string of the molecule is COc1ccc(CN2CCCS2(=O)=O)cc1. The lowest BCUT2D eigenvalue weighted by molar-refractivity contribution is 0.413. The predicted octanol–water partition coefficient (Wildman–Crippen LogP) is 1.23. The Morgan fingerprint density at radius 2 is 2.00 bits per heavy atom. The van der Waals surface area contributed by atoms with Gasteiger partial charge in [-0.1, -0.05) is 12.1 Å². The summed E-state index contributed by atoms with van der Waals surface area (Å²) in [5.74, 6) is 1.07. The van der Waals surface area contributed by atoms with Gasteiger partial charge in [0.1, 0.15) is 5.75 Å². The smallest absolute Gasteiger partial charge is 0.214 e. The van der Waals surface area contributed by atoms with Crippen LogP contribution in [0.25, 0.3) is 0 Å². The van der Waals surface area contributed by atoms with Gasteiger partial charge in [-0.2, -0.15) is 4.31 Å². The van der Waals surface area contributed by atoms with Crippen LogP contribution >= 0.6 is 0 Å². The number of rotatable bonds is 3. The van der Waals surface area contributed by atoms with Crippen LogP contribution in [-0.2, 0) is 16.6 Å². The topological polar surface area (TPSA) is 46.6 Å². The van der Waals surface area contributed by atoms with Gasteiger partial charge in [0.15, 0.2) is 0 Å². The standard InChI is InChI=1S/C11H15NO3S/c1-15-11-5-3-10(4-6-11)9-12-7-2-8-16(12,13)14/h3-6H,2,7-9H2,1H3. The normalized spacial score (nSPS) is 19.8. The fraction of sp³-hybridized carbons (Fsp3) is 0.455. The lowest BCUT2D eigenvalue weighted by Crippen LogP contribution is -2.25. The quantitative estimate of drug-likeness (QED) is 0.799. The molecule has 88 valence electrons. The zero-order valence-corrected chi connectivity index (χ0v) is 10.0. The molecule has 0 N–H and O–H groups in total. The van der Waals surface area contributed by atoms with Crippen LogP contribution in [0, 0.1) is 0 Å². The third-order valence-corrected chi connectivity index (χ3v) is 4.62. The maximum absolute atomic E-state index is 11.6. The van der Waals surface area contributed by atoms with Crippen LogP contribution in [0.1, 0.15) is 12.0 Å². The largest absolute Gasteiger partial charge is 0.497 e. The highest BCUT2D eigenvalue weighted by Crippen LogP contribution is 2.18. The Labute approximate surface area is 95.9 Å². The summed E-state index contributed by atoms with van der Waals surface area (Å²) in [6, 6.07) is 7.48. The van der Waals surface area contributed by atoms with Gasteiger partial charge < -0.3 is 4.74 Å². The van der Waals surface area contributed by atoms with Gasteiger partial charge in [-0.3, -0.25) is 0 Å². The summed E-state index contributed by atoms with van der Waals surface area (Å²) >= 11 is 0. The average molecular weight is 241 g/mol. The van der Waals surface area contributed by atoms with Crippen molar-refractivity contribution in [2.75, 3.05) is 19.4 Å². The monoisotopic (exact) mass is 241 g/mol. The van der Waals surface area contributed by atoms with Crippen LogP contribution in [0.2, 0.25) is 0 Å². The van der Waals surface area contributed by atoms with Gasteiger partial charge in [0.25, 0.3) is 0 Å². The fourth-order valence-corrected chi connectivity index (χ4v) is 3.31. The Bertz CT molecular complexity index is 453. The molecule has 0 aliphatic carbocycles. The predicted molar refractivity (Wildman–Crippen MR) is 61.8 cm³/mol. The van der Waals surface area contributed by atoms with E-state index in [9.17, 15) is 8.42 Å². The molecule has 5 heteroatoms. The molecule has 16 heavy (non-hydrogen) atoms. The lowest BCUT2D eigenvalue weighted by atomic mass is 10.2. The molecule has 0 atom stereocenters. The third-order valence-electron chi connectivity index (χ3n) is 2.72. The summed E-state index contributed by atoms with van der Waals surface area (Å²) in [5.41, 5.74) is 0.992. The van der Waals surface area contributed by atoms with E-state index in [0.717, 1.165) is 17.7 Å². The van der Waals surface area contributed by atoms with Gasteiger partial charge in [-0.25, -0.2) is 8.42 Å². The Hall–Kier alpha value is -1.07. The van der Waals surface area contributed by atoms with E-state index in [-0.39, 0.29) is 5.75 Å². The molecular weight excluding hydrogens is 226 g/mol. The van der Waals surface area contributed by atoms with E-state index in [1.807, 2.05) is 24.3 Å². The van der Waals surface area contributed by atoms with Crippen molar-refractivity contribution < 1.29 is 13.2 Å². The maximum atomic E-state index is 11.6. The zero-order valence-electron chi connectivity index (χ0n) is 9.22. The highest BCUT2D eigenvalue weighted by molar-refractivity contribution is 7.89. The molecule has 1 aromatic rings. The van der Waals surface area contributed by atoms with Crippen molar-refractivity contribution in [3.8, 4) is 5.75 Å². The second-order valence-corrected chi connectivity index (χ2v) is 5.94. The summed E-state index contributed by atoms with van der Waals surface area (Å²) in [5, 5.41) is 0. The highest BCUT2D eigenvalue weighted by Gasteiger charge is 2.27. The highest BCUT2D eigenvalue weighted by atomic mass is 32.2. The summed E-state index contributed by atoms with van der Waals surface area (Å²) in [4.78, 5) is 0. The molecule has 0 radical (unpaired) electrons. The summed E-state index contributed by atoms with van der Waals surface area (Å²) in [6.07, 6.45) is 0.735. The number of methoxy groups -OCH3 is 1. The molecule has 2 rings (SSSR count). The lowest BCUT2D eigenvalue weighted by Gasteiger charge is -2.14. The number of hydrogen-bond donors (Lipinski definition) is 0. The van der Waals surface area contributed by atoms with Gasteiger partial charge in [0, 0.05) is 13.1 Å². The van der Waals surface area contributed by atoms with E-state index in [1.165, 1.54) is 4.31 Å². The number of benzene rings is 1. The molecule has 0 unspecified atom stereocenters. The minimum atomic E-state index is -3.00. The van der Waals surface area contributed by atoms with Crippen LogP contribution in [-0.4, -0.2) is 32.1 Å². The molecule has 1 aliphatic heterocycles. The minimum Gasteiger partial charge on any atom is -0.497 e. The molecule has 1 aromatic carbocycles. The summed E-state index contributed by atoms with van der Waals surface area (Å²) in [7, 11) is -1.39. The van der Waals surface area contributed by atoms with Crippen molar-refractivity contribution in [1.82, 2.24) is 4.31 Å². The van der Waals surface area contributed by atoms with E-state index in [2.05, 4.69) is 0 Å². The molecule has 0 bridgehead atoms. The van der Waals surface area contributed by atoms with E-state index >= 15 is 0 Å². The van der Waals surface area contributed by atoms with Crippen LogP contribution in [0.3, 0.4) is 0 Å². The zero-order chi connectivity index (χ0) is 11.6. The summed E-state index contributed by atoms with van der Waals surface area (Å²) < 4.78 is 29.8. The van der Waals surface area contributed by atoms with Crippen LogP contribution < -0.4 is 4.74 Å². The first-order valence-electron chi connectivity index (χ1n) is 5.22. The third kappa shape index (κ3) is 2.36. The van der Waals surface area contributed by atoms with Gasteiger partial charge in [-0.05, 0) is 24.1 Å². The van der Waals surface area contributed by atoms with Crippen LogP contribution in [0.5, 0.6) is 5.75 Å². The molecule has 0 aromatic heterocycles. The number of nitrogens with zero attached hydrogens (tertiary/aromatic N) is 1. The van der Waals surface area contributed by atoms with E-state index in [4.69, 9.17) is 4.74 Å². The van der Waals surface area contributed by atoms with E-state index in [0.29, 0.717) is 13.1 Å². The number of sulfonamides is 1. The molecule has 1 heterocycles. The Kier molecular flexibility index (Phi) is 3.16. The minimum absolute atomic E-state index is 0.281. The Balaban J connectivity index is 2.09. The van der Waals surface area contributed by atoms with Gasteiger partial charge in [-0.15, -0.1) is 0 Å². The van der Waals surface area contributed by atoms with Gasteiger partial charge in [0.2, 0.25) is 10.0 Å². The molecule has 0 spiro atoms. The van der Waals surface area contributed by atoms with Crippen molar-refractivity contribution in [3.63, 3.8) is 0 Å². The summed E-state index contributed by atoms with van der Waals surface area (Å²) in [6.45, 7) is 1.10. The molecule has 4 nitrogen and oxygen atoms in total. The number of ether oxygens (including phenoxy) is 1. The Morgan fingerprint density at radius 1 is 1.31 bits per heavy atom. The van der Waals surface area contributed by atoms with Gasteiger partial charge >= 0.3 is 0 Å². The van der Waals surface area contributed by atoms with Gasteiger partial charge in [0.05, 0.1) is 12.9 Å².